The summed E-state index contributed by atoms with van der Waals surface area (Å²) in [5.41, 5.74) is 0. The lowest BCUT2D eigenvalue weighted by atomic mass is 10.3. The Bertz CT molecular complexity index is 397. The number of benzene rings is 1. The molecule has 0 radical (unpaired) electrons. The predicted molar refractivity (Wildman–Crippen MR) is 50.7 cm³/mol. The Balaban J connectivity index is 3.02. The van der Waals surface area contributed by atoms with Crippen LogP contribution in [0.25, 0.3) is 0 Å². The van der Waals surface area contributed by atoms with Gasteiger partial charge >= 0.3 is 11.9 Å². The van der Waals surface area contributed by atoms with E-state index in [-0.39, 0.29) is 17.2 Å². The van der Waals surface area contributed by atoms with Gasteiger partial charge in [0, 0.05) is 19.9 Å². The molecular formula is C10H10O5. The van der Waals surface area contributed by atoms with Crippen LogP contribution in [0.3, 0.4) is 0 Å². The molecule has 5 heteroatoms. The van der Waals surface area contributed by atoms with Crippen molar-refractivity contribution in [1.29, 1.82) is 0 Å². The van der Waals surface area contributed by atoms with Gasteiger partial charge in [0.1, 0.15) is 5.75 Å². The van der Waals surface area contributed by atoms with Crippen LogP contribution < -0.4 is 9.47 Å². The summed E-state index contributed by atoms with van der Waals surface area (Å²) < 4.78 is 9.52. The Labute approximate surface area is 86.2 Å². The molecule has 0 amide bonds. The quantitative estimate of drug-likeness (QED) is 0.587. The molecule has 0 atom stereocenters. The fourth-order valence-corrected chi connectivity index (χ4v) is 0.971. The van der Waals surface area contributed by atoms with Crippen molar-refractivity contribution in [3.05, 3.63) is 18.2 Å². The molecule has 0 spiro atoms. The van der Waals surface area contributed by atoms with Crippen LogP contribution in [0.5, 0.6) is 17.2 Å². The molecule has 0 aliphatic heterocycles. The number of ether oxygens (including phenoxy) is 2. The number of carbonyl (C=O) groups excluding carboxylic acids is 2. The van der Waals surface area contributed by atoms with Crippen LogP contribution in [0.15, 0.2) is 18.2 Å². The molecular weight excluding hydrogens is 200 g/mol. The van der Waals surface area contributed by atoms with Gasteiger partial charge in [0.05, 0.1) is 0 Å². The van der Waals surface area contributed by atoms with Crippen molar-refractivity contribution in [1.82, 2.24) is 0 Å². The summed E-state index contributed by atoms with van der Waals surface area (Å²) in [5, 5.41) is 9.15. The first-order chi connectivity index (χ1) is 6.99. The summed E-state index contributed by atoms with van der Waals surface area (Å²) in [4.78, 5) is 21.4. The maximum atomic E-state index is 10.7. The molecule has 5 nitrogen and oxygen atoms in total. The molecule has 0 aliphatic carbocycles. The van der Waals surface area contributed by atoms with Crippen molar-refractivity contribution in [3.8, 4) is 17.2 Å². The molecule has 0 aromatic heterocycles. The summed E-state index contributed by atoms with van der Waals surface area (Å²) in [6.07, 6.45) is 0. The van der Waals surface area contributed by atoms with Crippen molar-refractivity contribution in [2.24, 2.45) is 0 Å². The molecule has 15 heavy (non-hydrogen) atoms. The van der Waals surface area contributed by atoms with E-state index < -0.39 is 11.9 Å². The van der Waals surface area contributed by atoms with Gasteiger partial charge in [0.2, 0.25) is 0 Å². The van der Waals surface area contributed by atoms with E-state index in [1.807, 2.05) is 0 Å². The van der Waals surface area contributed by atoms with Crippen molar-refractivity contribution in [2.45, 2.75) is 13.8 Å². The highest BCUT2D eigenvalue weighted by Crippen LogP contribution is 2.31. The topological polar surface area (TPSA) is 72.8 Å². The number of rotatable bonds is 2. The minimum atomic E-state index is -0.561. The molecule has 1 N–H and O–H groups in total. The molecule has 1 rings (SSSR count). The highest BCUT2D eigenvalue weighted by atomic mass is 16.6. The van der Waals surface area contributed by atoms with E-state index in [1.54, 1.807) is 0 Å². The lowest BCUT2D eigenvalue weighted by molar-refractivity contribution is -0.134. The van der Waals surface area contributed by atoms with E-state index in [4.69, 9.17) is 14.6 Å². The molecule has 80 valence electrons. The van der Waals surface area contributed by atoms with Crippen LogP contribution in [0, 0.1) is 0 Å². The van der Waals surface area contributed by atoms with Gasteiger partial charge in [-0.25, -0.2) is 0 Å². The van der Waals surface area contributed by atoms with Gasteiger partial charge in [-0.1, -0.05) is 0 Å². The largest absolute Gasteiger partial charge is 0.508 e. The highest BCUT2D eigenvalue weighted by molar-refractivity contribution is 5.73. The zero-order chi connectivity index (χ0) is 11.4. The van der Waals surface area contributed by atoms with Gasteiger partial charge < -0.3 is 14.6 Å². The third kappa shape index (κ3) is 3.30. The number of phenolic OH excluding ortho intramolecular Hbond substituents is 1. The summed E-state index contributed by atoms with van der Waals surface area (Å²) >= 11 is 0. The van der Waals surface area contributed by atoms with Crippen LogP contribution in [0.1, 0.15) is 13.8 Å². The zero-order valence-corrected chi connectivity index (χ0v) is 8.31. The van der Waals surface area contributed by atoms with Crippen LogP contribution in [-0.4, -0.2) is 17.0 Å². The molecule has 0 unspecified atom stereocenters. The van der Waals surface area contributed by atoms with E-state index in [0.29, 0.717) is 0 Å². The molecule has 0 saturated heterocycles. The van der Waals surface area contributed by atoms with Gasteiger partial charge in [-0.15, -0.1) is 0 Å². The van der Waals surface area contributed by atoms with Gasteiger partial charge in [-0.3, -0.25) is 9.59 Å². The van der Waals surface area contributed by atoms with Crippen LogP contribution in [-0.2, 0) is 9.59 Å². The number of esters is 2. The van der Waals surface area contributed by atoms with Crippen molar-refractivity contribution < 1.29 is 24.2 Å². The molecule has 0 aliphatic rings. The smallest absolute Gasteiger partial charge is 0.308 e. The third-order valence-electron chi connectivity index (χ3n) is 1.43. The number of carbonyl (C=O) groups is 2. The lowest BCUT2D eigenvalue weighted by Gasteiger charge is -2.08. The van der Waals surface area contributed by atoms with E-state index in [9.17, 15) is 9.59 Å². The Hall–Kier alpha value is -2.04. The molecule has 0 bridgehead atoms. The minimum absolute atomic E-state index is 0.0118. The van der Waals surface area contributed by atoms with Gasteiger partial charge in [0.25, 0.3) is 0 Å². The monoisotopic (exact) mass is 210 g/mol. The average molecular weight is 210 g/mol. The molecule has 1 aromatic carbocycles. The van der Waals surface area contributed by atoms with Gasteiger partial charge in [0.15, 0.2) is 11.5 Å². The fourth-order valence-electron chi connectivity index (χ4n) is 0.971. The van der Waals surface area contributed by atoms with Crippen LogP contribution in [0.2, 0.25) is 0 Å². The number of hydrogen-bond acceptors (Lipinski definition) is 5. The Morgan fingerprint density at radius 1 is 1.07 bits per heavy atom. The van der Waals surface area contributed by atoms with Crippen molar-refractivity contribution in [2.75, 3.05) is 0 Å². The third-order valence-corrected chi connectivity index (χ3v) is 1.43. The summed E-state index contributed by atoms with van der Waals surface area (Å²) in [5.74, 6) is -1.07. The number of hydrogen-bond donors (Lipinski definition) is 1. The van der Waals surface area contributed by atoms with E-state index in [1.165, 1.54) is 32.0 Å². The molecule has 0 heterocycles. The minimum Gasteiger partial charge on any atom is -0.508 e. The number of phenols is 1. The summed E-state index contributed by atoms with van der Waals surface area (Å²) in [6, 6.07) is 3.86. The van der Waals surface area contributed by atoms with Crippen molar-refractivity contribution >= 4 is 11.9 Å². The van der Waals surface area contributed by atoms with E-state index >= 15 is 0 Å². The SMILES string of the molecule is CC(=O)Oc1ccc(O)cc1OC(C)=O. The molecule has 1 aromatic rings. The molecule has 0 fully saturated rings. The van der Waals surface area contributed by atoms with E-state index in [0.717, 1.165) is 0 Å². The van der Waals surface area contributed by atoms with Gasteiger partial charge in [-0.2, -0.15) is 0 Å². The lowest BCUT2D eigenvalue weighted by Crippen LogP contribution is -2.06. The summed E-state index contributed by atoms with van der Waals surface area (Å²) in [7, 11) is 0. The maximum absolute atomic E-state index is 10.7. The number of aromatic hydroxyl groups is 1. The zero-order valence-electron chi connectivity index (χ0n) is 8.31. The summed E-state index contributed by atoms with van der Waals surface area (Å²) in [6.45, 7) is 2.44. The second kappa shape index (κ2) is 4.45. The first-order valence-corrected chi connectivity index (χ1v) is 4.19. The van der Waals surface area contributed by atoms with Crippen molar-refractivity contribution in [3.63, 3.8) is 0 Å². The van der Waals surface area contributed by atoms with Gasteiger partial charge in [-0.05, 0) is 12.1 Å². The molecule has 0 saturated carbocycles. The maximum Gasteiger partial charge on any atom is 0.308 e. The highest BCUT2D eigenvalue weighted by Gasteiger charge is 2.10. The normalized spacial score (nSPS) is 9.47. The second-order valence-corrected chi connectivity index (χ2v) is 2.82. The first kappa shape index (κ1) is 11.0. The standard InChI is InChI=1S/C10H10O5/c1-6(11)14-9-4-3-8(13)5-10(9)15-7(2)12/h3-5,13H,1-2H3. The average Bonchev–Trinajstić information content (AvgIpc) is 2.08. The fraction of sp³-hybridized carbons (Fsp3) is 0.200. The Kier molecular flexibility index (Phi) is 3.28. The predicted octanol–water partition coefficient (Wildman–Crippen LogP) is 1.24. The second-order valence-electron chi connectivity index (χ2n) is 2.82. The van der Waals surface area contributed by atoms with Crippen LogP contribution in [0.4, 0.5) is 0 Å². The Morgan fingerprint density at radius 3 is 2.13 bits per heavy atom. The van der Waals surface area contributed by atoms with E-state index in [2.05, 4.69) is 0 Å². The Morgan fingerprint density at radius 2 is 1.60 bits per heavy atom. The first-order valence-electron chi connectivity index (χ1n) is 4.19. The van der Waals surface area contributed by atoms with Crippen LogP contribution >= 0.6 is 0 Å².